The number of rotatable bonds is 3. The van der Waals surface area contributed by atoms with Crippen LogP contribution in [-0.2, 0) is 9.59 Å². The molecule has 0 aliphatic carbocycles. The van der Waals surface area contributed by atoms with E-state index in [4.69, 9.17) is 0 Å². The Kier molecular flexibility index (Phi) is 3.83. The van der Waals surface area contributed by atoms with Crippen LogP contribution >= 0.6 is 0 Å². The number of nitrogens with zero attached hydrogens (tertiary/aromatic N) is 1. The van der Waals surface area contributed by atoms with Gasteiger partial charge in [-0.2, -0.15) is 0 Å². The molecule has 1 aliphatic rings. The average Bonchev–Trinajstić information content (AvgIpc) is 2.69. The number of likely N-dealkylation sites (tertiary alicyclic amines) is 1. The molecule has 1 aromatic carbocycles. The van der Waals surface area contributed by atoms with Crippen LogP contribution in [0, 0.1) is 11.7 Å². The zero-order valence-electron chi connectivity index (χ0n) is 11.3. The normalized spacial score (nSPS) is 18.2. The van der Waals surface area contributed by atoms with Gasteiger partial charge in [-0.15, -0.1) is 0 Å². The van der Waals surface area contributed by atoms with Crippen LogP contribution < -0.4 is 5.32 Å². The summed E-state index contributed by atoms with van der Waals surface area (Å²) in [5.41, 5.74) is 0.391. The number of amides is 2. The van der Waals surface area contributed by atoms with E-state index in [-0.39, 0.29) is 35.3 Å². The molecule has 1 saturated heterocycles. The topological polar surface area (TPSA) is 66.5 Å². The maximum absolute atomic E-state index is 13.2. The van der Waals surface area contributed by atoms with Gasteiger partial charge in [-0.05, 0) is 25.1 Å². The van der Waals surface area contributed by atoms with E-state index >= 15 is 0 Å². The predicted octanol–water partition coefficient (Wildman–Crippen LogP) is 1.45. The molecule has 0 spiro atoms. The fourth-order valence-electron chi connectivity index (χ4n) is 2.20. The quantitative estimate of drug-likeness (QED) is 0.851. The molecule has 5 nitrogen and oxygen atoms in total. The van der Waals surface area contributed by atoms with Crippen LogP contribution in [0.15, 0.2) is 18.2 Å². The Morgan fingerprint density at radius 1 is 1.40 bits per heavy atom. The monoisotopic (exact) mass is 278 g/mol. The van der Waals surface area contributed by atoms with Crippen molar-refractivity contribution in [3.63, 3.8) is 0 Å². The van der Waals surface area contributed by atoms with Gasteiger partial charge in [0.25, 0.3) is 0 Å². The molecule has 20 heavy (non-hydrogen) atoms. The molecule has 6 heteroatoms. The molecule has 0 unspecified atom stereocenters. The summed E-state index contributed by atoms with van der Waals surface area (Å²) < 4.78 is 13.2. The minimum atomic E-state index is -0.537. The second kappa shape index (κ2) is 5.40. The standard InChI is InChI=1S/C14H15FN2O3/c1-8(18)11-4-3-10(15)6-12(11)16-14(20)9-5-13(19)17(2)7-9/h3-4,6,9H,5,7H2,1-2H3,(H,16,20)/t9-/m1/s1. The summed E-state index contributed by atoms with van der Waals surface area (Å²) in [4.78, 5) is 36.4. The Morgan fingerprint density at radius 3 is 2.65 bits per heavy atom. The lowest BCUT2D eigenvalue weighted by molar-refractivity contribution is -0.127. The van der Waals surface area contributed by atoms with Gasteiger partial charge in [0, 0.05) is 25.6 Å². The lowest BCUT2D eigenvalue weighted by Crippen LogP contribution is -2.26. The largest absolute Gasteiger partial charge is 0.345 e. The number of Topliss-reactive ketones (excluding diaryl/α,β-unsaturated/α-hetero) is 1. The van der Waals surface area contributed by atoms with Gasteiger partial charge < -0.3 is 10.2 Å². The second-order valence-electron chi connectivity index (χ2n) is 4.91. The lowest BCUT2D eigenvalue weighted by Gasteiger charge is -2.13. The fraction of sp³-hybridized carbons (Fsp3) is 0.357. The molecule has 2 rings (SSSR count). The van der Waals surface area contributed by atoms with E-state index in [1.807, 2.05) is 0 Å². The van der Waals surface area contributed by atoms with Gasteiger partial charge in [0.1, 0.15) is 5.82 Å². The first-order valence-electron chi connectivity index (χ1n) is 6.24. The molecule has 1 N–H and O–H groups in total. The number of benzene rings is 1. The third-order valence-electron chi connectivity index (χ3n) is 3.33. The molecule has 1 atom stereocenters. The molecule has 106 valence electrons. The van der Waals surface area contributed by atoms with Gasteiger partial charge in [0.2, 0.25) is 11.8 Å². The van der Waals surface area contributed by atoms with Gasteiger partial charge >= 0.3 is 0 Å². The smallest absolute Gasteiger partial charge is 0.229 e. The molecule has 0 bridgehead atoms. The van der Waals surface area contributed by atoms with Crippen LogP contribution in [0.25, 0.3) is 0 Å². The first-order valence-corrected chi connectivity index (χ1v) is 6.24. The Morgan fingerprint density at radius 2 is 2.10 bits per heavy atom. The number of hydrogen-bond acceptors (Lipinski definition) is 3. The number of carbonyl (C=O) groups is 3. The van der Waals surface area contributed by atoms with Gasteiger partial charge in [-0.3, -0.25) is 14.4 Å². The minimum absolute atomic E-state index is 0.101. The number of carbonyl (C=O) groups excluding carboxylic acids is 3. The van der Waals surface area contributed by atoms with Gasteiger partial charge in [-0.25, -0.2) is 4.39 Å². The van der Waals surface area contributed by atoms with Crippen LogP contribution in [-0.4, -0.2) is 36.1 Å². The fourth-order valence-corrected chi connectivity index (χ4v) is 2.20. The summed E-state index contributed by atoms with van der Waals surface area (Å²) in [6.45, 7) is 1.67. The van der Waals surface area contributed by atoms with Gasteiger partial charge in [-0.1, -0.05) is 0 Å². The third-order valence-corrected chi connectivity index (χ3v) is 3.33. The third kappa shape index (κ3) is 2.84. The summed E-state index contributed by atoms with van der Waals surface area (Å²) in [5.74, 6) is -1.76. The summed E-state index contributed by atoms with van der Waals surface area (Å²) in [5, 5.41) is 2.54. The number of halogens is 1. The van der Waals surface area contributed by atoms with Crippen LogP contribution in [0.5, 0.6) is 0 Å². The Balaban J connectivity index is 2.18. The highest BCUT2D eigenvalue weighted by Gasteiger charge is 2.32. The molecule has 2 amide bonds. The lowest BCUT2D eigenvalue weighted by atomic mass is 10.1. The molecule has 0 radical (unpaired) electrons. The van der Waals surface area contributed by atoms with E-state index in [1.165, 1.54) is 24.0 Å². The van der Waals surface area contributed by atoms with Gasteiger partial charge in [0.15, 0.2) is 5.78 Å². The average molecular weight is 278 g/mol. The van der Waals surface area contributed by atoms with Crippen molar-refractivity contribution < 1.29 is 18.8 Å². The van der Waals surface area contributed by atoms with Crippen LogP contribution in [0.1, 0.15) is 23.7 Å². The number of anilines is 1. The number of ketones is 1. The molecule has 1 heterocycles. The van der Waals surface area contributed by atoms with Crippen molar-refractivity contribution in [1.82, 2.24) is 4.90 Å². The first-order chi connectivity index (χ1) is 9.38. The first kappa shape index (κ1) is 14.2. The van der Waals surface area contributed by atoms with Crippen molar-refractivity contribution in [2.45, 2.75) is 13.3 Å². The van der Waals surface area contributed by atoms with Crippen molar-refractivity contribution >= 4 is 23.3 Å². The summed E-state index contributed by atoms with van der Waals surface area (Å²) >= 11 is 0. The molecule has 1 aliphatic heterocycles. The molecule has 1 aromatic rings. The van der Waals surface area contributed by atoms with Crippen molar-refractivity contribution in [3.05, 3.63) is 29.6 Å². The number of nitrogens with one attached hydrogen (secondary N) is 1. The highest BCUT2D eigenvalue weighted by Crippen LogP contribution is 2.22. The maximum Gasteiger partial charge on any atom is 0.229 e. The molecule has 0 saturated carbocycles. The van der Waals surface area contributed by atoms with Crippen LogP contribution in [0.4, 0.5) is 10.1 Å². The van der Waals surface area contributed by atoms with E-state index in [9.17, 15) is 18.8 Å². The maximum atomic E-state index is 13.2. The Bertz CT molecular complexity index is 586. The Hall–Kier alpha value is -2.24. The SMILES string of the molecule is CC(=O)c1ccc(F)cc1NC(=O)[C@@H]1CC(=O)N(C)C1. The molecule has 0 aromatic heterocycles. The predicted molar refractivity (Wildman–Crippen MR) is 70.8 cm³/mol. The molecule has 1 fully saturated rings. The van der Waals surface area contributed by atoms with Crippen molar-refractivity contribution in [2.75, 3.05) is 18.9 Å². The highest BCUT2D eigenvalue weighted by molar-refractivity contribution is 6.05. The zero-order chi connectivity index (χ0) is 14.9. The van der Waals surface area contributed by atoms with E-state index in [1.54, 1.807) is 7.05 Å². The van der Waals surface area contributed by atoms with Crippen molar-refractivity contribution in [3.8, 4) is 0 Å². The van der Waals surface area contributed by atoms with Crippen molar-refractivity contribution in [1.29, 1.82) is 0 Å². The second-order valence-corrected chi connectivity index (χ2v) is 4.91. The number of hydrogen-bond donors (Lipinski definition) is 1. The van der Waals surface area contributed by atoms with E-state index in [0.29, 0.717) is 6.54 Å². The summed E-state index contributed by atoms with van der Waals surface area (Å²) in [7, 11) is 1.62. The van der Waals surface area contributed by atoms with E-state index in [2.05, 4.69) is 5.32 Å². The summed E-state index contributed by atoms with van der Waals surface area (Å²) in [6, 6.07) is 3.60. The highest BCUT2D eigenvalue weighted by atomic mass is 19.1. The van der Waals surface area contributed by atoms with Crippen molar-refractivity contribution in [2.24, 2.45) is 5.92 Å². The van der Waals surface area contributed by atoms with E-state index in [0.717, 1.165) is 6.07 Å². The summed E-state index contributed by atoms with van der Waals surface area (Å²) in [6.07, 6.45) is 0.132. The van der Waals surface area contributed by atoms with Crippen LogP contribution in [0.3, 0.4) is 0 Å². The molecular formula is C14H15FN2O3. The Labute approximate surface area is 115 Å². The van der Waals surface area contributed by atoms with E-state index < -0.39 is 11.7 Å². The zero-order valence-corrected chi connectivity index (χ0v) is 11.3. The minimum Gasteiger partial charge on any atom is -0.345 e. The van der Waals surface area contributed by atoms with Crippen LogP contribution in [0.2, 0.25) is 0 Å². The molecular weight excluding hydrogens is 263 g/mol. The van der Waals surface area contributed by atoms with Gasteiger partial charge in [0.05, 0.1) is 11.6 Å².